The summed E-state index contributed by atoms with van der Waals surface area (Å²) in [7, 11) is -1.85. The van der Waals surface area contributed by atoms with Gasteiger partial charge in [-0.3, -0.25) is 4.79 Å². The van der Waals surface area contributed by atoms with Crippen LogP contribution in [0.15, 0.2) is 23.4 Å². The van der Waals surface area contributed by atoms with Crippen LogP contribution in [0.4, 0.5) is 0 Å². The van der Waals surface area contributed by atoms with Crippen molar-refractivity contribution in [3.63, 3.8) is 0 Å². The van der Waals surface area contributed by atoms with E-state index in [4.69, 9.17) is 0 Å². The zero-order valence-electron chi connectivity index (χ0n) is 11.0. The molecule has 0 aromatic carbocycles. The van der Waals surface area contributed by atoms with Crippen molar-refractivity contribution in [3.8, 4) is 0 Å². The molecule has 1 aliphatic heterocycles. The Morgan fingerprint density at radius 3 is 2.68 bits per heavy atom. The van der Waals surface area contributed by atoms with Gasteiger partial charge in [0.25, 0.3) is 0 Å². The molecule has 1 aliphatic rings. The van der Waals surface area contributed by atoms with E-state index in [1.807, 2.05) is 0 Å². The maximum Gasteiger partial charge on any atom is 0.310 e. The summed E-state index contributed by atoms with van der Waals surface area (Å²) in [5, 5.41) is 9.23. The van der Waals surface area contributed by atoms with Gasteiger partial charge in [0.1, 0.15) is 0 Å². The fourth-order valence-electron chi connectivity index (χ4n) is 2.35. The highest BCUT2D eigenvalue weighted by Crippen LogP contribution is 2.32. The van der Waals surface area contributed by atoms with E-state index in [2.05, 4.69) is 0 Å². The molecule has 1 fully saturated rings. The third-order valence-electron chi connectivity index (χ3n) is 3.62. The van der Waals surface area contributed by atoms with E-state index in [0.717, 1.165) is 0 Å². The van der Waals surface area contributed by atoms with Crippen LogP contribution in [-0.4, -0.2) is 41.5 Å². The molecule has 0 spiro atoms. The summed E-state index contributed by atoms with van der Waals surface area (Å²) < 4.78 is 27.8. The first-order valence-corrected chi connectivity index (χ1v) is 7.55. The predicted molar refractivity (Wildman–Crippen MR) is 69.1 cm³/mol. The Balaban J connectivity index is 2.29. The molecule has 1 saturated heterocycles. The Labute approximate surface area is 112 Å². The summed E-state index contributed by atoms with van der Waals surface area (Å²) in [6.07, 6.45) is 4.26. The Bertz CT molecular complexity index is 593. The summed E-state index contributed by atoms with van der Waals surface area (Å²) in [5.74, 6) is -0.944. The minimum atomic E-state index is -3.60. The lowest BCUT2D eigenvalue weighted by Gasteiger charge is -2.36. The Kier molecular flexibility index (Phi) is 3.44. The lowest BCUT2D eigenvalue weighted by molar-refractivity contribution is -0.150. The van der Waals surface area contributed by atoms with Crippen LogP contribution in [0.1, 0.15) is 19.8 Å². The largest absolute Gasteiger partial charge is 0.481 e. The number of rotatable bonds is 3. The normalized spacial score (nSPS) is 25.4. The van der Waals surface area contributed by atoms with E-state index in [1.165, 1.54) is 16.6 Å². The number of hydrogen-bond donors (Lipinski definition) is 1. The van der Waals surface area contributed by atoms with Crippen LogP contribution in [0.25, 0.3) is 0 Å². The third kappa shape index (κ3) is 2.52. The molecule has 0 radical (unpaired) electrons. The number of carboxylic acids is 1. The van der Waals surface area contributed by atoms with E-state index >= 15 is 0 Å². The van der Waals surface area contributed by atoms with Gasteiger partial charge in [0.05, 0.1) is 10.3 Å². The Hall–Kier alpha value is -1.34. The number of aliphatic carboxylic acids is 1. The molecule has 0 amide bonds. The molecule has 1 N–H and O–H groups in total. The van der Waals surface area contributed by atoms with E-state index in [-0.39, 0.29) is 11.4 Å². The van der Waals surface area contributed by atoms with E-state index < -0.39 is 21.4 Å². The smallest absolute Gasteiger partial charge is 0.310 e. The first-order valence-electron chi connectivity index (χ1n) is 6.11. The van der Waals surface area contributed by atoms with Crippen molar-refractivity contribution in [1.29, 1.82) is 0 Å². The minimum absolute atomic E-state index is 0.0273. The van der Waals surface area contributed by atoms with Crippen molar-refractivity contribution >= 4 is 16.0 Å². The van der Waals surface area contributed by atoms with Gasteiger partial charge in [0, 0.05) is 32.5 Å². The molecule has 2 heterocycles. The minimum Gasteiger partial charge on any atom is -0.481 e. The van der Waals surface area contributed by atoms with Gasteiger partial charge in [0.2, 0.25) is 10.0 Å². The molecule has 1 aromatic heterocycles. The van der Waals surface area contributed by atoms with Gasteiger partial charge in [-0.05, 0) is 25.8 Å². The zero-order chi connectivity index (χ0) is 14.3. The third-order valence-corrected chi connectivity index (χ3v) is 5.45. The van der Waals surface area contributed by atoms with Gasteiger partial charge in [0.15, 0.2) is 0 Å². The summed E-state index contributed by atoms with van der Waals surface area (Å²) in [4.78, 5) is 11.5. The van der Waals surface area contributed by atoms with Gasteiger partial charge in [-0.25, -0.2) is 8.42 Å². The average Bonchev–Trinajstić information content (AvgIpc) is 2.76. The van der Waals surface area contributed by atoms with Gasteiger partial charge in [-0.15, -0.1) is 0 Å². The van der Waals surface area contributed by atoms with Crippen LogP contribution in [0.2, 0.25) is 0 Å². The van der Waals surface area contributed by atoms with E-state index in [1.54, 1.807) is 24.7 Å². The maximum atomic E-state index is 12.4. The summed E-state index contributed by atoms with van der Waals surface area (Å²) >= 11 is 0. The van der Waals surface area contributed by atoms with Crippen molar-refractivity contribution in [2.45, 2.75) is 24.7 Å². The SMILES string of the molecule is Cn1ccc(S(=O)(=O)N2CCCC(C)(C(=O)O)C2)c1. The molecule has 0 saturated carbocycles. The standard InChI is InChI=1S/C12H18N2O4S/c1-12(11(15)16)5-3-6-14(9-12)19(17,18)10-4-7-13(2)8-10/h4,7-8H,3,5-6,9H2,1-2H3,(H,15,16). The zero-order valence-corrected chi connectivity index (χ0v) is 11.9. The predicted octanol–water partition coefficient (Wildman–Crippen LogP) is 0.901. The van der Waals surface area contributed by atoms with Crippen LogP contribution in [-0.2, 0) is 21.9 Å². The highest BCUT2D eigenvalue weighted by Gasteiger charge is 2.42. The lowest BCUT2D eigenvalue weighted by Crippen LogP contribution is -2.48. The van der Waals surface area contributed by atoms with E-state index in [9.17, 15) is 18.3 Å². The molecule has 106 valence electrons. The number of carbonyl (C=O) groups is 1. The molecule has 0 aliphatic carbocycles. The second kappa shape index (κ2) is 4.64. The molecular weight excluding hydrogens is 268 g/mol. The highest BCUT2D eigenvalue weighted by atomic mass is 32.2. The van der Waals surface area contributed by atoms with Crippen molar-refractivity contribution in [2.24, 2.45) is 12.5 Å². The molecule has 6 nitrogen and oxygen atoms in total. The molecular formula is C12H18N2O4S. The summed E-state index contributed by atoms with van der Waals surface area (Å²) in [5.41, 5.74) is -1.000. The number of hydrogen-bond acceptors (Lipinski definition) is 3. The number of carboxylic acid groups (broad SMARTS) is 1. The van der Waals surface area contributed by atoms with Crippen LogP contribution in [0.5, 0.6) is 0 Å². The van der Waals surface area contributed by atoms with Gasteiger partial charge < -0.3 is 9.67 Å². The highest BCUT2D eigenvalue weighted by molar-refractivity contribution is 7.89. The van der Waals surface area contributed by atoms with Gasteiger partial charge in [-0.1, -0.05) is 0 Å². The first kappa shape index (κ1) is 14.1. The number of piperidine rings is 1. The van der Waals surface area contributed by atoms with Crippen molar-refractivity contribution in [2.75, 3.05) is 13.1 Å². The van der Waals surface area contributed by atoms with Crippen molar-refractivity contribution in [3.05, 3.63) is 18.5 Å². The number of aryl methyl sites for hydroxylation is 1. The fraction of sp³-hybridized carbons (Fsp3) is 0.583. The number of sulfonamides is 1. The molecule has 1 atom stereocenters. The Morgan fingerprint density at radius 2 is 2.16 bits per heavy atom. The lowest BCUT2D eigenvalue weighted by atomic mass is 9.83. The molecule has 19 heavy (non-hydrogen) atoms. The topological polar surface area (TPSA) is 79.6 Å². The van der Waals surface area contributed by atoms with Crippen LogP contribution in [0, 0.1) is 5.41 Å². The number of nitrogens with zero attached hydrogens (tertiary/aromatic N) is 2. The molecule has 0 bridgehead atoms. The van der Waals surface area contributed by atoms with Crippen LogP contribution >= 0.6 is 0 Å². The quantitative estimate of drug-likeness (QED) is 0.895. The average molecular weight is 286 g/mol. The molecule has 1 unspecified atom stereocenters. The van der Waals surface area contributed by atoms with Gasteiger partial charge in [-0.2, -0.15) is 4.31 Å². The summed E-state index contributed by atoms with van der Waals surface area (Å²) in [6.45, 7) is 2.00. The van der Waals surface area contributed by atoms with Gasteiger partial charge >= 0.3 is 5.97 Å². The first-order chi connectivity index (χ1) is 8.75. The van der Waals surface area contributed by atoms with Crippen LogP contribution in [0.3, 0.4) is 0 Å². The molecule has 2 rings (SSSR count). The maximum absolute atomic E-state index is 12.4. The van der Waals surface area contributed by atoms with Crippen LogP contribution < -0.4 is 0 Å². The fourth-order valence-corrected chi connectivity index (χ4v) is 4.01. The summed E-state index contributed by atoms with van der Waals surface area (Å²) in [6, 6.07) is 1.53. The second-order valence-corrected chi connectivity index (χ2v) is 7.26. The molecule has 1 aromatic rings. The molecule has 7 heteroatoms. The monoisotopic (exact) mass is 286 g/mol. The second-order valence-electron chi connectivity index (χ2n) is 5.32. The van der Waals surface area contributed by atoms with Crippen molar-refractivity contribution < 1.29 is 18.3 Å². The van der Waals surface area contributed by atoms with Crippen molar-refractivity contribution in [1.82, 2.24) is 8.87 Å². The number of aromatic nitrogens is 1. The van der Waals surface area contributed by atoms with E-state index in [0.29, 0.717) is 19.4 Å². The Morgan fingerprint density at radius 1 is 1.47 bits per heavy atom.